The maximum atomic E-state index is 13.5. The number of amidine groups is 1. The van der Waals surface area contributed by atoms with Crippen molar-refractivity contribution in [2.45, 2.75) is 37.7 Å². The molecule has 4 aliphatic rings. The number of carbonyl (C=O) groups excluding carboxylic acids is 1. The highest BCUT2D eigenvalue weighted by molar-refractivity contribution is 8.18. The largest absolute Gasteiger partial charge is 0.416 e. The summed E-state index contributed by atoms with van der Waals surface area (Å²) in [5.74, 6) is 1.21. The van der Waals surface area contributed by atoms with E-state index in [2.05, 4.69) is 26.8 Å². The summed E-state index contributed by atoms with van der Waals surface area (Å²) < 4.78 is 79.7. The average molecular weight is 595 g/mol. The Balaban J connectivity index is 1.35. The zero-order chi connectivity index (χ0) is 29.5. The number of allylic oxidation sites excluding steroid dienone is 7. The standard InChI is InChI=1S/C29H28F6N4OS/c1-36-23-9-6-17(13-25-26(37-27(40)41-25)39-15-20-10-11-38(2)24(20)16-39)12-19(23)5-3-4-18-7-8-21(28(30,31)32)14-22(18)29(33,34)35/h5-9,12-14,20,24H,3-4,10-11,15-16H2,1-2H3/b19-5-,25-13-,36-23?. The van der Waals surface area contributed by atoms with E-state index < -0.39 is 23.5 Å². The maximum Gasteiger partial charge on any atom is 0.416 e. The molecule has 2 atom stereocenters. The third-order valence-electron chi connectivity index (χ3n) is 7.85. The second-order valence-electron chi connectivity index (χ2n) is 10.5. The van der Waals surface area contributed by atoms with Gasteiger partial charge in [-0.1, -0.05) is 18.2 Å². The highest BCUT2D eigenvalue weighted by atomic mass is 32.2. The summed E-state index contributed by atoms with van der Waals surface area (Å²) in [6.45, 7) is 2.72. The molecule has 2 saturated heterocycles. The fraction of sp³-hybridized carbons (Fsp3) is 0.414. The Bertz CT molecular complexity index is 1420. The van der Waals surface area contributed by atoms with Crippen LogP contribution < -0.4 is 0 Å². The lowest BCUT2D eigenvalue weighted by Gasteiger charge is -2.22. The Hall–Kier alpha value is -3.12. The predicted octanol–water partition coefficient (Wildman–Crippen LogP) is 6.94. The van der Waals surface area contributed by atoms with Crippen LogP contribution in [0.15, 0.2) is 74.6 Å². The smallest absolute Gasteiger partial charge is 0.354 e. The fourth-order valence-corrected chi connectivity index (χ4v) is 6.55. The van der Waals surface area contributed by atoms with Gasteiger partial charge in [-0.05, 0) is 97.6 Å². The second-order valence-corrected chi connectivity index (χ2v) is 11.5. The van der Waals surface area contributed by atoms with E-state index in [1.54, 1.807) is 19.2 Å². The van der Waals surface area contributed by atoms with Crippen LogP contribution in [0.4, 0.5) is 31.1 Å². The molecule has 1 aromatic rings. The van der Waals surface area contributed by atoms with Crippen LogP contribution >= 0.6 is 11.8 Å². The van der Waals surface area contributed by atoms with Gasteiger partial charge in [-0.2, -0.15) is 31.3 Å². The molecule has 3 heterocycles. The minimum absolute atomic E-state index is 0.103. The van der Waals surface area contributed by atoms with Gasteiger partial charge in [0.2, 0.25) is 0 Å². The molecule has 5 rings (SSSR count). The molecule has 3 aliphatic heterocycles. The average Bonchev–Trinajstić information content (AvgIpc) is 3.58. The molecule has 1 amide bonds. The summed E-state index contributed by atoms with van der Waals surface area (Å²) >= 11 is 1.06. The van der Waals surface area contributed by atoms with Crippen molar-refractivity contribution in [3.63, 3.8) is 0 Å². The minimum atomic E-state index is -4.91. The number of hydrogen-bond donors (Lipinski definition) is 0. The van der Waals surface area contributed by atoms with Crippen LogP contribution in [0, 0.1) is 5.92 Å². The van der Waals surface area contributed by atoms with E-state index in [1.807, 2.05) is 18.2 Å². The van der Waals surface area contributed by atoms with Gasteiger partial charge in [-0.15, -0.1) is 0 Å². The van der Waals surface area contributed by atoms with E-state index in [0.29, 0.717) is 35.1 Å². The van der Waals surface area contributed by atoms with Crippen molar-refractivity contribution in [3.8, 4) is 0 Å². The monoisotopic (exact) mass is 594 g/mol. The van der Waals surface area contributed by atoms with E-state index in [0.717, 1.165) is 54.4 Å². The number of alkyl halides is 6. The first-order valence-electron chi connectivity index (χ1n) is 13.2. The van der Waals surface area contributed by atoms with Gasteiger partial charge in [0.1, 0.15) is 5.84 Å². The van der Waals surface area contributed by atoms with Crippen LogP contribution in [0.5, 0.6) is 0 Å². The molecule has 0 radical (unpaired) electrons. The highest BCUT2D eigenvalue weighted by Gasteiger charge is 2.42. The van der Waals surface area contributed by atoms with E-state index in [9.17, 15) is 31.1 Å². The molecule has 12 heteroatoms. The van der Waals surface area contributed by atoms with Crippen molar-refractivity contribution in [1.29, 1.82) is 0 Å². The van der Waals surface area contributed by atoms with E-state index >= 15 is 0 Å². The molecular formula is C29H28F6N4OS. The lowest BCUT2D eigenvalue weighted by Crippen LogP contribution is -2.34. The number of thioether (sulfide) groups is 1. The normalized spacial score (nSPS) is 26.5. The van der Waals surface area contributed by atoms with Crippen molar-refractivity contribution in [2.75, 3.05) is 33.7 Å². The molecule has 0 spiro atoms. The SMILES string of the molecule is CN=C1C=CC(/C=C2\SC(=O)N=C2N2CC3CCN(C)C3C2)=CC/1=C/CCc1ccc(C(F)(F)F)cc1C(F)(F)F. The molecule has 5 nitrogen and oxygen atoms in total. The minimum Gasteiger partial charge on any atom is -0.354 e. The first-order valence-corrected chi connectivity index (χ1v) is 14.0. The van der Waals surface area contributed by atoms with Crippen LogP contribution in [-0.2, 0) is 18.8 Å². The van der Waals surface area contributed by atoms with Gasteiger partial charge in [-0.25, -0.2) is 0 Å². The van der Waals surface area contributed by atoms with Gasteiger partial charge in [0.25, 0.3) is 0 Å². The molecule has 41 heavy (non-hydrogen) atoms. The summed E-state index contributed by atoms with van der Waals surface area (Å²) in [4.78, 5) is 26.0. The zero-order valence-corrected chi connectivity index (χ0v) is 23.2. The van der Waals surface area contributed by atoms with Gasteiger partial charge in [-0.3, -0.25) is 9.79 Å². The van der Waals surface area contributed by atoms with Crippen LogP contribution in [0.2, 0.25) is 0 Å². The Morgan fingerprint density at radius 1 is 1.12 bits per heavy atom. The van der Waals surface area contributed by atoms with Crippen LogP contribution in [-0.4, -0.2) is 66.4 Å². The third kappa shape index (κ3) is 6.38. The molecule has 0 aromatic heterocycles. The number of halogens is 6. The molecule has 2 fully saturated rings. The lowest BCUT2D eigenvalue weighted by molar-refractivity contribution is -0.143. The Labute approximate surface area is 238 Å². The number of rotatable bonds is 4. The van der Waals surface area contributed by atoms with Crippen molar-refractivity contribution in [3.05, 3.63) is 81.3 Å². The topological polar surface area (TPSA) is 48.3 Å². The molecule has 0 N–H and O–H groups in total. The molecule has 0 bridgehead atoms. The summed E-state index contributed by atoms with van der Waals surface area (Å²) in [7, 11) is 3.71. The zero-order valence-electron chi connectivity index (χ0n) is 22.4. The molecular weight excluding hydrogens is 566 g/mol. The maximum absolute atomic E-state index is 13.5. The number of amides is 1. The van der Waals surface area contributed by atoms with Gasteiger partial charge in [0.05, 0.1) is 21.7 Å². The fourth-order valence-electron chi connectivity index (χ4n) is 5.77. The lowest BCUT2D eigenvalue weighted by atomic mass is 9.95. The van der Waals surface area contributed by atoms with Crippen molar-refractivity contribution < 1.29 is 31.1 Å². The number of aryl methyl sites for hydroxylation is 1. The Morgan fingerprint density at radius 2 is 1.90 bits per heavy atom. The highest BCUT2D eigenvalue weighted by Crippen LogP contribution is 2.39. The number of nitrogens with zero attached hydrogens (tertiary/aromatic N) is 4. The molecule has 218 valence electrons. The molecule has 0 saturated carbocycles. The Kier molecular flexibility index (Phi) is 8.08. The number of likely N-dealkylation sites (N-methyl/N-ethyl adjacent to an activating group) is 1. The van der Waals surface area contributed by atoms with E-state index in [-0.39, 0.29) is 29.7 Å². The molecule has 2 unspecified atom stereocenters. The van der Waals surface area contributed by atoms with Crippen molar-refractivity contribution in [1.82, 2.24) is 9.80 Å². The summed E-state index contributed by atoms with van der Waals surface area (Å²) in [5, 5.41) is -0.277. The first-order chi connectivity index (χ1) is 19.3. The third-order valence-corrected chi connectivity index (χ3v) is 8.64. The summed E-state index contributed by atoms with van der Waals surface area (Å²) in [6, 6.07) is 2.18. The number of benzene rings is 1. The van der Waals surface area contributed by atoms with Gasteiger partial charge < -0.3 is 9.80 Å². The van der Waals surface area contributed by atoms with Gasteiger partial charge in [0, 0.05) is 26.2 Å². The Morgan fingerprint density at radius 3 is 2.59 bits per heavy atom. The second kappa shape index (κ2) is 11.3. The van der Waals surface area contributed by atoms with Crippen molar-refractivity contribution in [2.24, 2.45) is 15.9 Å². The number of fused-ring (bicyclic) bond motifs is 1. The van der Waals surface area contributed by atoms with E-state index in [4.69, 9.17) is 0 Å². The number of hydrogen-bond acceptors (Lipinski definition) is 5. The predicted molar refractivity (Wildman–Crippen MR) is 148 cm³/mol. The van der Waals surface area contributed by atoms with Crippen LogP contribution in [0.1, 0.15) is 29.5 Å². The first kappa shape index (κ1) is 29.4. The van der Waals surface area contributed by atoms with Gasteiger partial charge in [0.15, 0.2) is 0 Å². The number of likely N-dealkylation sites (tertiary alicyclic amines) is 2. The summed E-state index contributed by atoms with van der Waals surface area (Å²) in [5.41, 5.74) is -0.761. The van der Waals surface area contributed by atoms with E-state index in [1.165, 1.54) is 0 Å². The van der Waals surface area contributed by atoms with Crippen LogP contribution in [0.3, 0.4) is 0 Å². The molecule has 1 aliphatic carbocycles. The number of aliphatic imine (C=N–C) groups is 2. The summed E-state index contributed by atoms with van der Waals surface area (Å²) in [6.07, 6.45) is 0.448. The number of carbonyl (C=O) groups is 1. The van der Waals surface area contributed by atoms with Crippen LogP contribution in [0.25, 0.3) is 0 Å². The van der Waals surface area contributed by atoms with Crippen molar-refractivity contribution >= 4 is 28.5 Å². The quantitative estimate of drug-likeness (QED) is 0.355. The van der Waals surface area contributed by atoms with Gasteiger partial charge >= 0.3 is 17.6 Å². The molecule has 1 aromatic carbocycles.